The molecule has 1 fully saturated rings. The highest BCUT2D eigenvalue weighted by atomic mass is 32.2. The number of rotatable bonds is 2. The fourth-order valence-electron chi connectivity index (χ4n) is 3.20. The number of ether oxygens (including phenoxy) is 1. The fraction of sp³-hybridized carbons (Fsp3) is 0.353. The van der Waals surface area contributed by atoms with Crippen molar-refractivity contribution in [2.24, 2.45) is 0 Å². The van der Waals surface area contributed by atoms with Crippen molar-refractivity contribution in [2.75, 3.05) is 13.2 Å². The molecule has 2 aliphatic heterocycles. The number of hydrogen-bond acceptors (Lipinski definition) is 4. The molecule has 3 nitrogen and oxygen atoms in total. The number of nitrogens with one attached hydrogen (secondary N) is 1. The van der Waals surface area contributed by atoms with E-state index in [-0.39, 0.29) is 0 Å². The Morgan fingerprint density at radius 2 is 2.24 bits per heavy atom. The topological polar surface area (TPSA) is 34.1 Å². The molecule has 0 aliphatic carbocycles. The smallest absolute Gasteiger partial charge is 0.124 e. The van der Waals surface area contributed by atoms with Crippen molar-refractivity contribution in [1.29, 1.82) is 0 Å². The third kappa shape index (κ3) is 2.54. The molecule has 0 bridgehead atoms. The SMILES string of the molecule is Cc1cccc(Sc2ccc3c(c2)OCC2NCCC32)n1. The third-order valence-electron chi connectivity index (χ3n) is 4.24. The van der Waals surface area contributed by atoms with Gasteiger partial charge in [0, 0.05) is 22.5 Å². The molecule has 4 heteroatoms. The minimum absolute atomic E-state index is 0.495. The number of fused-ring (bicyclic) bond motifs is 3. The molecular weight excluding hydrogens is 280 g/mol. The molecule has 108 valence electrons. The molecule has 0 radical (unpaired) electrons. The van der Waals surface area contributed by atoms with Crippen LogP contribution in [-0.2, 0) is 0 Å². The Balaban J connectivity index is 1.61. The van der Waals surface area contributed by atoms with Crippen LogP contribution in [0.3, 0.4) is 0 Å². The summed E-state index contributed by atoms with van der Waals surface area (Å²) in [6.45, 7) is 3.91. The normalized spacial score (nSPS) is 23.3. The molecule has 0 spiro atoms. The molecule has 2 unspecified atom stereocenters. The molecule has 4 rings (SSSR count). The van der Waals surface area contributed by atoms with Crippen LogP contribution in [-0.4, -0.2) is 24.2 Å². The van der Waals surface area contributed by atoms with Gasteiger partial charge < -0.3 is 10.1 Å². The lowest BCUT2D eigenvalue weighted by Gasteiger charge is -2.28. The first-order chi connectivity index (χ1) is 10.3. The van der Waals surface area contributed by atoms with Gasteiger partial charge in [-0.1, -0.05) is 23.9 Å². The van der Waals surface area contributed by atoms with Gasteiger partial charge >= 0.3 is 0 Å². The Morgan fingerprint density at radius 1 is 1.29 bits per heavy atom. The predicted molar refractivity (Wildman–Crippen MR) is 84.2 cm³/mol. The first kappa shape index (κ1) is 13.2. The van der Waals surface area contributed by atoms with Crippen LogP contribution in [0.2, 0.25) is 0 Å². The lowest BCUT2D eigenvalue weighted by molar-refractivity contribution is 0.238. The summed E-state index contributed by atoms with van der Waals surface area (Å²) >= 11 is 1.69. The number of benzene rings is 1. The van der Waals surface area contributed by atoms with Gasteiger partial charge in [0.1, 0.15) is 17.4 Å². The summed E-state index contributed by atoms with van der Waals surface area (Å²) in [6, 6.07) is 13.2. The Labute approximate surface area is 129 Å². The molecule has 1 aromatic heterocycles. The molecule has 2 aromatic rings. The van der Waals surface area contributed by atoms with Gasteiger partial charge in [-0.3, -0.25) is 0 Å². The summed E-state index contributed by atoms with van der Waals surface area (Å²) in [4.78, 5) is 5.74. The van der Waals surface area contributed by atoms with Crippen LogP contribution in [0.4, 0.5) is 0 Å². The number of aromatic nitrogens is 1. The Hall–Kier alpha value is -1.52. The summed E-state index contributed by atoms with van der Waals surface area (Å²) in [7, 11) is 0. The average molecular weight is 298 g/mol. The monoisotopic (exact) mass is 298 g/mol. The largest absolute Gasteiger partial charge is 0.492 e. The van der Waals surface area contributed by atoms with Crippen molar-refractivity contribution in [3.8, 4) is 5.75 Å². The first-order valence-corrected chi connectivity index (χ1v) is 8.23. The molecular formula is C17H18N2OS. The van der Waals surface area contributed by atoms with E-state index >= 15 is 0 Å². The Bertz CT molecular complexity index is 674. The second-order valence-electron chi connectivity index (χ2n) is 5.69. The molecule has 0 amide bonds. The summed E-state index contributed by atoms with van der Waals surface area (Å²) in [5, 5.41) is 4.55. The van der Waals surface area contributed by atoms with E-state index in [0.29, 0.717) is 12.0 Å². The van der Waals surface area contributed by atoms with E-state index in [1.807, 2.05) is 19.1 Å². The molecule has 2 atom stereocenters. The minimum Gasteiger partial charge on any atom is -0.492 e. The highest BCUT2D eigenvalue weighted by Crippen LogP contribution is 2.41. The molecule has 1 N–H and O–H groups in total. The average Bonchev–Trinajstić information content (AvgIpc) is 2.96. The molecule has 1 aromatic carbocycles. The maximum absolute atomic E-state index is 5.94. The maximum Gasteiger partial charge on any atom is 0.124 e. The molecule has 3 heterocycles. The van der Waals surface area contributed by atoms with Crippen molar-refractivity contribution < 1.29 is 4.74 Å². The predicted octanol–water partition coefficient (Wildman–Crippen LogP) is 3.38. The second kappa shape index (κ2) is 5.35. The van der Waals surface area contributed by atoms with Crippen molar-refractivity contribution in [3.05, 3.63) is 47.7 Å². The number of aryl methyl sites for hydroxylation is 1. The van der Waals surface area contributed by atoms with Crippen molar-refractivity contribution >= 4 is 11.8 Å². The van der Waals surface area contributed by atoms with Gasteiger partial charge in [-0.2, -0.15) is 0 Å². The van der Waals surface area contributed by atoms with Crippen LogP contribution in [0, 0.1) is 6.92 Å². The molecule has 1 saturated heterocycles. The van der Waals surface area contributed by atoms with Crippen LogP contribution in [0.25, 0.3) is 0 Å². The zero-order valence-electron chi connectivity index (χ0n) is 12.0. The van der Waals surface area contributed by atoms with Gasteiger partial charge in [-0.05, 0) is 49.7 Å². The van der Waals surface area contributed by atoms with E-state index < -0.39 is 0 Å². The van der Waals surface area contributed by atoms with Crippen LogP contribution in [0.1, 0.15) is 23.6 Å². The third-order valence-corrected chi connectivity index (χ3v) is 5.16. The summed E-state index contributed by atoms with van der Waals surface area (Å²) in [5.41, 5.74) is 2.41. The van der Waals surface area contributed by atoms with Crippen LogP contribution < -0.4 is 10.1 Å². The van der Waals surface area contributed by atoms with E-state index in [9.17, 15) is 0 Å². The van der Waals surface area contributed by atoms with E-state index in [2.05, 4.69) is 34.6 Å². The van der Waals surface area contributed by atoms with E-state index in [1.54, 1.807) is 11.8 Å². The number of hydrogen-bond donors (Lipinski definition) is 1. The van der Waals surface area contributed by atoms with Gasteiger partial charge in [0.2, 0.25) is 0 Å². The summed E-state index contributed by atoms with van der Waals surface area (Å²) in [5.74, 6) is 1.67. The van der Waals surface area contributed by atoms with Gasteiger partial charge in [-0.25, -0.2) is 4.98 Å². The lowest BCUT2D eigenvalue weighted by Crippen LogP contribution is -2.35. The zero-order chi connectivity index (χ0) is 14.2. The second-order valence-corrected chi connectivity index (χ2v) is 6.78. The Morgan fingerprint density at radius 3 is 3.14 bits per heavy atom. The van der Waals surface area contributed by atoms with Crippen LogP contribution in [0.15, 0.2) is 46.3 Å². The number of nitrogens with zero attached hydrogens (tertiary/aromatic N) is 1. The first-order valence-electron chi connectivity index (χ1n) is 7.41. The fourth-order valence-corrected chi connectivity index (χ4v) is 4.08. The van der Waals surface area contributed by atoms with Crippen molar-refractivity contribution in [1.82, 2.24) is 10.3 Å². The summed E-state index contributed by atoms with van der Waals surface area (Å²) in [6.07, 6.45) is 1.22. The maximum atomic E-state index is 5.94. The van der Waals surface area contributed by atoms with Gasteiger partial charge in [-0.15, -0.1) is 0 Å². The standard InChI is InChI=1S/C17H18N2OS/c1-11-3-2-4-17(19-11)21-12-5-6-14-13-7-8-18-15(13)10-20-16(14)9-12/h2-6,9,13,15,18H,7-8,10H2,1H3. The lowest BCUT2D eigenvalue weighted by atomic mass is 9.90. The Kier molecular flexibility index (Phi) is 3.36. The van der Waals surface area contributed by atoms with Crippen LogP contribution in [0.5, 0.6) is 5.75 Å². The van der Waals surface area contributed by atoms with E-state index in [4.69, 9.17) is 4.74 Å². The highest BCUT2D eigenvalue weighted by Gasteiger charge is 2.34. The van der Waals surface area contributed by atoms with Gasteiger partial charge in [0.05, 0.1) is 0 Å². The summed E-state index contributed by atoms with van der Waals surface area (Å²) < 4.78 is 5.94. The van der Waals surface area contributed by atoms with Crippen molar-refractivity contribution in [2.45, 2.75) is 35.2 Å². The van der Waals surface area contributed by atoms with Crippen LogP contribution >= 0.6 is 11.8 Å². The molecule has 0 saturated carbocycles. The zero-order valence-corrected chi connectivity index (χ0v) is 12.8. The quantitative estimate of drug-likeness (QED) is 0.921. The van der Waals surface area contributed by atoms with Gasteiger partial charge in [0.15, 0.2) is 0 Å². The highest BCUT2D eigenvalue weighted by molar-refractivity contribution is 7.99. The molecule has 21 heavy (non-hydrogen) atoms. The van der Waals surface area contributed by atoms with E-state index in [1.165, 1.54) is 16.9 Å². The van der Waals surface area contributed by atoms with E-state index in [0.717, 1.165) is 29.6 Å². The van der Waals surface area contributed by atoms with Gasteiger partial charge in [0.25, 0.3) is 0 Å². The van der Waals surface area contributed by atoms with Crippen molar-refractivity contribution in [3.63, 3.8) is 0 Å². The molecule has 2 aliphatic rings. The number of pyridine rings is 1. The minimum atomic E-state index is 0.495.